The predicted octanol–water partition coefficient (Wildman–Crippen LogP) is 0.339. The number of fused-ring (bicyclic) bond motifs is 1. The van der Waals surface area contributed by atoms with Gasteiger partial charge in [0.1, 0.15) is 6.04 Å². The second kappa shape index (κ2) is 4.67. The molecule has 18 heavy (non-hydrogen) atoms. The summed E-state index contributed by atoms with van der Waals surface area (Å²) in [7, 11) is 0. The summed E-state index contributed by atoms with van der Waals surface area (Å²) in [6.45, 7) is 3.91. The van der Waals surface area contributed by atoms with Gasteiger partial charge in [0.15, 0.2) is 0 Å². The Hall–Kier alpha value is -2.05. The lowest BCUT2D eigenvalue weighted by molar-refractivity contribution is -0.142. The molecular formula is C11H16N4O3. The molecule has 0 aromatic carbocycles. The van der Waals surface area contributed by atoms with Gasteiger partial charge in [0, 0.05) is 12.5 Å². The number of carboxylic acid groups (broad SMARTS) is 1. The van der Waals surface area contributed by atoms with Gasteiger partial charge >= 0.3 is 12.0 Å². The van der Waals surface area contributed by atoms with E-state index < -0.39 is 12.0 Å². The molecule has 0 fully saturated rings. The van der Waals surface area contributed by atoms with Crippen molar-refractivity contribution in [3.63, 3.8) is 0 Å². The minimum Gasteiger partial charge on any atom is -0.480 e. The van der Waals surface area contributed by atoms with Crippen molar-refractivity contribution in [1.29, 1.82) is 0 Å². The number of imidazole rings is 1. The number of carbonyl (C=O) groups is 2. The Labute approximate surface area is 104 Å². The zero-order valence-corrected chi connectivity index (χ0v) is 10.3. The van der Waals surface area contributed by atoms with Crippen LogP contribution in [-0.4, -0.2) is 44.1 Å². The normalized spacial score (nSPS) is 18.6. The SMILES string of the molecule is CC(C)NC(=O)N1Cc2[nH]cnc2CC1C(=O)O. The first-order valence-corrected chi connectivity index (χ1v) is 5.80. The summed E-state index contributed by atoms with van der Waals surface area (Å²) in [5, 5.41) is 11.9. The first-order valence-electron chi connectivity index (χ1n) is 5.80. The second-order valence-corrected chi connectivity index (χ2v) is 4.62. The fraction of sp³-hybridized carbons (Fsp3) is 0.545. The quantitative estimate of drug-likeness (QED) is 0.706. The second-order valence-electron chi connectivity index (χ2n) is 4.62. The molecule has 2 rings (SSSR count). The van der Waals surface area contributed by atoms with Gasteiger partial charge in [0.25, 0.3) is 0 Å². The van der Waals surface area contributed by atoms with E-state index in [0.29, 0.717) is 0 Å². The van der Waals surface area contributed by atoms with Gasteiger partial charge in [-0.3, -0.25) is 0 Å². The summed E-state index contributed by atoms with van der Waals surface area (Å²) in [5.41, 5.74) is 1.52. The zero-order valence-electron chi connectivity index (χ0n) is 10.3. The van der Waals surface area contributed by atoms with Crippen LogP contribution in [-0.2, 0) is 17.8 Å². The smallest absolute Gasteiger partial charge is 0.326 e. The Bertz CT molecular complexity index is 469. The van der Waals surface area contributed by atoms with Gasteiger partial charge < -0.3 is 20.3 Å². The lowest BCUT2D eigenvalue weighted by atomic mass is 10.0. The van der Waals surface area contributed by atoms with Crippen LogP contribution in [0.4, 0.5) is 4.79 Å². The first-order chi connectivity index (χ1) is 8.49. The summed E-state index contributed by atoms with van der Waals surface area (Å²) >= 11 is 0. The summed E-state index contributed by atoms with van der Waals surface area (Å²) in [5.74, 6) is -1.01. The van der Waals surface area contributed by atoms with Crippen molar-refractivity contribution in [3.05, 3.63) is 17.7 Å². The van der Waals surface area contributed by atoms with Crippen molar-refractivity contribution in [1.82, 2.24) is 20.2 Å². The van der Waals surface area contributed by atoms with Gasteiger partial charge in [-0.25, -0.2) is 14.6 Å². The molecule has 1 atom stereocenters. The van der Waals surface area contributed by atoms with Crippen LogP contribution in [0.1, 0.15) is 25.2 Å². The van der Waals surface area contributed by atoms with Crippen LogP contribution in [0.5, 0.6) is 0 Å². The molecule has 3 N–H and O–H groups in total. The maximum atomic E-state index is 12.0. The van der Waals surface area contributed by atoms with E-state index in [-0.39, 0.29) is 25.0 Å². The van der Waals surface area contributed by atoms with Crippen molar-refractivity contribution >= 4 is 12.0 Å². The van der Waals surface area contributed by atoms with Gasteiger partial charge in [0.2, 0.25) is 0 Å². The lowest BCUT2D eigenvalue weighted by Gasteiger charge is -2.32. The standard InChI is InChI=1S/C11H16N4O3/c1-6(2)14-11(18)15-4-8-7(12-5-13-8)3-9(15)10(16)17/h5-6,9H,3-4H2,1-2H3,(H,12,13)(H,14,18)(H,16,17). The molecule has 0 spiro atoms. The number of aromatic nitrogens is 2. The fourth-order valence-electron chi connectivity index (χ4n) is 2.00. The number of aromatic amines is 1. The molecule has 0 saturated carbocycles. The van der Waals surface area contributed by atoms with Crippen molar-refractivity contribution in [2.45, 2.75) is 38.9 Å². The van der Waals surface area contributed by atoms with Crippen molar-refractivity contribution in [3.8, 4) is 0 Å². The molecular weight excluding hydrogens is 236 g/mol. The van der Waals surface area contributed by atoms with Crippen LogP contribution in [0.25, 0.3) is 0 Å². The average molecular weight is 252 g/mol. The van der Waals surface area contributed by atoms with E-state index in [1.54, 1.807) is 0 Å². The van der Waals surface area contributed by atoms with E-state index in [2.05, 4.69) is 15.3 Å². The number of nitrogens with zero attached hydrogens (tertiary/aromatic N) is 2. The van der Waals surface area contributed by atoms with Crippen molar-refractivity contribution in [2.75, 3.05) is 0 Å². The molecule has 7 heteroatoms. The summed E-state index contributed by atoms with van der Waals surface area (Å²) in [6.07, 6.45) is 1.76. The molecule has 0 radical (unpaired) electrons. The van der Waals surface area contributed by atoms with E-state index in [9.17, 15) is 14.7 Å². The van der Waals surface area contributed by atoms with Crippen LogP contribution in [0.2, 0.25) is 0 Å². The Morgan fingerprint density at radius 2 is 2.33 bits per heavy atom. The van der Waals surface area contributed by atoms with Gasteiger partial charge in [-0.2, -0.15) is 0 Å². The first kappa shape index (κ1) is 12.4. The fourth-order valence-corrected chi connectivity index (χ4v) is 2.00. The molecule has 0 aliphatic carbocycles. The molecule has 2 heterocycles. The van der Waals surface area contributed by atoms with Crippen molar-refractivity contribution < 1.29 is 14.7 Å². The minimum absolute atomic E-state index is 0.0323. The Kier molecular flexibility index (Phi) is 3.22. The molecule has 1 aromatic heterocycles. The summed E-state index contributed by atoms with van der Waals surface area (Å²) in [6, 6.07) is -1.26. The number of hydrogen-bond acceptors (Lipinski definition) is 3. The monoisotopic (exact) mass is 252 g/mol. The zero-order chi connectivity index (χ0) is 13.3. The number of rotatable bonds is 2. The number of carbonyl (C=O) groups excluding carboxylic acids is 1. The van der Waals surface area contributed by atoms with E-state index in [0.717, 1.165) is 11.4 Å². The number of aliphatic carboxylic acids is 1. The predicted molar refractivity (Wildman–Crippen MR) is 62.9 cm³/mol. The third kappa shape index (κ3) is 2.29. The van der Waals surface area contributed by atoms with Crippen LogP contribution < -0.4 is 5.32 Å². The Morgan fingerprint density at radius 1 is 1.61 bits per heavy atom. The molecule has 1 aliphatic rings. The van der Waals surface area contributed by atoms with Gasteiger partial charge in [-0.15, -0.1) is 0 Å². The largest absolute Gasteiger partial charge is 0.480 e. The van der Waals surface area contributed by atoms with Gasteiger partial charge in [0.05, 0.1) is 24.3 Å². The maximum absolute atomic E-state index is 12.0. The highest BCUT2D eigenvalue weighted by Crippen LogP contribution is 2.20. The van der Waals surface area contributed by atoms with Crippen molar-refractivity contribution in [2.24, 2.45) is 0 Å². The molecule has 98 valence electrons. The number of H-pyrrole nitrogens is 1. The number of hydrogen-bond donors (Lipinski definition) is 3. The topological polar surface area (TPSA) is 98.3 Å². The average Bonchev–Trinajstić information content (AvgIpc) is 2.72. The van der Waals surface area contributed by atoms with E-state index >= 15 is 0 Å². The number of carboxylic acids is 1. The molecule has 1 aliphatic heterocycles. The Balaban J connectivity index is 2.22. The van der Waals surface area contributed by atoms with Gasteiger partial charge in [-0.1, -0.05) is 0 Å². The molecule has 0 bridgehead atoms. The summed E-state index contributed by atoms with van der Waals surface area (Å²) < 4.78 is 0. The van der Waals surface area contributed by atoms with Crippen LogP contribution in [0.3, 0.4) is 0 Å². The Morgan fingerprint density at radius 3 is 2.94 bits per heavy atom. The molecule has 0 saturated heterocycles. The highest BCUT2D eigenvalue weighted by Gasteiger charge is 2.36. The highest BCUT2D eigenvalue weighted by atomic mass is 16.4. The van der Waals surface area contributed by atoms with E-state index in [1.807, 2.05) is 13.8 Å². The van der Waals surface area contributed by atoms with Crippen LogP contribution >= 0.6 is 0 Å². The summed E-state index contributed by atoms with van der Waals surface area (Å²) in [4.78, 5) is 31.5. The maximum Gasteiger partial charge on any atom is 0.326 e. The lowest BCUT2D eigenvalue weighted by Crippen LogP contribution is -2.53. The molecule has 2 amide bonds. The van der Waals surface area contributed by atoms with Crippen LogP contribution in [0, 0.1) is 0 Å². The molecule has 1 unspecified atom stereocenters. The van der Waals surface area contributed by atoms with Crippen LogP contribution in [0.15, 0.2) is 6.33 Å². The minimum atomic E-state index is -1.01. The van der Waals surface area contributed by atoms with Gasteiger partial charge in [-0.05, 0) is 13.8 Å². The number of urea groups is 1. The molecule has 1 aromatic rings. The molecule has 7 nitrogen and oxygen atoms in total. The van der Waals surface area contributed by atoms with E-state index in [1.165, 1.54) is 11.2 Å². The third-order valence-corrected chi connectivity index (χ3v) is 2.86. The highest BCUT2D eigenvalue weighted by molar-refractivity contribution is 5.83. The third-order valence-electron chi connectivity index (χ3n) is 2.86. The number of nitrogens with one attached hydrogen (secondary N) is 2. The van der Waals surface area contributed by atoms with E-state index in [4.69, 9.17) is 0 Å². The number of amides is 2.